The molecule has 0 aliphatic heterocycles. The summed E-state index contributed by atoms with van der Waals surface area (Å²) in [6.07, 6.45) is -8.59. The molecular weight excluding hydrogens is 663 g/mol. The third kappa shape index (κ3) is 5.23. The highest BCUT2D eigenvalue weighted by Gasteiger charge is 2.44. The Morgan fingerprint density at radius 1 is 0.667 bits per heavy atom. The van der Waals surface area contributed by atoms with Crippen molar-refractivity contribution in [1.29, 1.82) is 26.3 Å². The molecule has 0 saturated heterocycles. The van der Waals surface area contributed by atoms with E-state index in [1.807, 2.05) is 18.2 Å². The first-order valence-corrected chi connectivity index (χ1v) is 14.2. The Balaban J connectivity index is 2.12. The average Bonchev–Trinajstić information content (AvgIpc) is 3.61. The van der Waals surface area contributed by atoms with Crippen molar-refractivity contribution in [1.82, 2.24) is 0 Å². The summed E-state index contributed by atoms with van der Waals surface area (Å²) in [6.45, 7) is 27.2. The largest absolute Gasteiger partial charge is 0.416 e. The highest BCUT2D eigenvalue weighted by Crippen LogP contribution is 2.58. The van der Waals surface area contributed by atoms with Gasteiger partial charge in [0, 0.05) is 22.3 Å². The summed E-state index contributed by atoms with van der Waals surface area (Å²) in [6, 6.07) is 15.3. The summed E-state index contributed by atoms with van der Waals surface area (Å²) in [5.74, 6) is 0. The SMILES string of the molecule is [C-]#[N+]C1=C(c2cc(C)cc(C)c2)/C(=C(/C#N)[N+]#[C-])c2c(C#N)c3c(c(C#N)c21)/C(=C(/C#N)[N+]#[C-])C(c1cc(C(F)F)cc(C(F)(F)F)c1)=C3C#N. The van der Waals surface area contributed by atoms with Crippen molar-refractivity contribution in [3.63, 3.8) is 0 Å². The van der Waals surface area contributed by atoms with E-state index in [0.717, 1.165) is 0 Å². The van der Waals surface area contributed by atoms with Crippen molar-refractivity contribution in [3.8, 4) is 30.3 Å². The Bertz CT molecular complexity index is 2600. The minimum Gasteiger partial charge on any atom is -0.237 e. The van der Waals surface area contributed by atoms with Crippen LogP contribution in [-0.4, -0.2) is 0 Å². The number of aryl methyl sites for hydroxylation is 2. The first-order valence-electron chi connectivity index (χ1n) is 14.2. The van der Waals surface area contributed by atoms with Crippen molar-refractivity contribution in [2.45, 2.75) is 26.4 Å². The second kappa shape index (κ2) is 12.7. The molecule has 0 heterocycles. The lowest BCUT2D eigenvalue weighted by Crippen LogP contribution is -2.07. The normalized spacial score (nSPS) is 14.9. The number of allylic oxidation sites excluding steroid dienone is 7. The van der Waals surface area contributed by atoms with Crippen LogP contribution in [0.3, 0.4) is 0 Å². The Kier molecular flexibility index (Phi) is 8.57. The van der Waals surface area contributed by atoms with Gasteiger partial charge in [0.2, 0.25) is 5.70 Å². The lowest BCUT2D eigenvalue weighted by atomic mass is 9.83. The van der Waals surface area contributed by atoms with E-state index in [1.165, 1.54) is 0 Å². The van der Waals surface area contributed by atoms with Gasteiger partial charge in [-0.25, -0.2) is 33.8 Å². The van der Waals surface area contributed by atoms with Crippen LogP contribution in [0, 0.1) is 90.2 Å². The Morgan fingerprint density at radius 2 is 1.18 bits per heavy atom. The highest BCUT2D eigenvalue weighted by molar-refractivity contribution is 6.31. The van der Waals surface area contributed by atoms with Crippen LogP contribution < -0.4 is 0 Å². The molecule has 51 heavy (non-hydrogen) atoms. The lowest BCUT2D eigenvalue weighted by Gasteiger charge is -2.17. The Labute approximate surface area is 287 Å². The number of nitriles is 5. The molecule has 0 saturated carbocycles. The Hall–Kier alpha value is -7.81. The summed E-state index contributed by atoms with van der Waals surface area (Å²) >= 11 is 0. The van der Waals surface area contributed by atoms with Gasteiger partial charge < -0.3 is 0 Å². The van der Waals surface area contributed by atoms with Gasteiger partial charge in [-0.2, -0.15) is 29.0 Å². The van der Waals surface area contributed by atoms with E-state index in [0.29, 0.717) is 28.8 Å². The van der Waals surface area contributed by atoms with Crippen LogP contribution in [0.5, 0.6) is 0 Å². The van der Waals surface area contributed by atoms with Crippen molar-refractivity contribution < 1.29 is 22.0 Å². The van der Waals surface area contributed by atoms with Gasteiger partial charge in [-0.05, 0) is 71.0 Å². The van der Waals surface area contributed by atoms with Crippen molar-refractivity contribution in [3.05, 3.63) is 149 Å². The molecule has 3 aromatic rings. The number of hydrogen-bond acceptors (Lipinski definition) is 5. The number of nitrogens with zero attached hydrogens (tertiary/aromatic N) is 8. The molecular formula is C38H13F5N8. The van der Waals surface area contributed by atoms with Crippen LogP contribution in [0.15, 0.2) is 47.8 Å². The van der Waals surface area contributed by atoms with Gasteiger partial charge in [0.05, 0.1) is 60.2 Å². The zero-order valence-electron chi connectivity index (χ0n) is 26.0. The van der Waals surface area contributed by atoms with Gasteiger partial charge in [0.15, 0.2) is 0 Å². The Morgan fingerprint density at radius 3 is 1.63 bits per heavy atom. The van der Waals surface area contributed by atoms with Crippen molar-refractivity contribution in [2.24, 2.45) is 0 Å². The molecule has 3 aromatic carbocycles. The number of hydrogen-bond donors (Lipinski definition) is 0. The quantitative estimate of drug-likeness (QED) is 0.155. The van der Waals surface area contributed by atoms with Crippen LogP contribution in [-0.2, 0) is 6.18 Å². The second-order valence-electron chi connectivity index (χ2n) is 11.1. The minimum absolute atomic E-state index is 0.00871. The summed E-state index contributed by atoms with van der Waals surface area (Å²) in [5.41, 5.74) is -7.80. The molecule has 0 bridgehead atoms. The first-order chi connectivity index (χ1) is 24.3. The van der Waals surface area contributed by atoms with E-state index in [-0.39, 0.29) is 34.0 Å². The van der Waals surface area contributed by atoms with E-state index in [2.05, 4.69) is 14.5 Å². The fourth-order valence-corrected chi connectivity index (χ4v) is 6.45. The molecule has 13 heteroatoms. The van der Waals surface area contributed by atoms with E-state index >= 15 is 0 Å². The maximum absolute atomic E-state index is 14.0. The molecule has 5 rings (SSSR count). The highest BCUT2D eigenvalue weighted by atomic mass is 19.4. The number of alkyl halides is 5. The summed E-state index contributed by atoms with van der Waals surface area (Å²) in [7, 11) is 0. The average molecular weight is 677 g/mol. The number of benzene rings is 3. The standard InChI is InChI=1S/C38H13F5N8/c1-17-6-18(2)8-19(7-17)29-35(27(16-48)50-4)32-24(13-45)30-23(12-44)28(20-9-21(37(39)40)11-22(10-20)38(41,42)43)34(26(15-47)49-3)31(30)25(14-46)33(32)36(29)51-5/h6-11,37H,1-2H3/b34-26-,35-27+. The van der Waals surface area contributed by atoms with Gasteiger partial charge in [-0.15, -0.1) is 0 Å². The van der Waals surface area contributed by atoms with Crippen molar-refractivity contribution >= 4 is 33.6 Å². The fraction of sp³-hybridized carbons (Fsp3) is 0.105. The van der Waals surface area contributed by atoms with Crippen LogP contribution >= 0.6 is 0 Å². The molecule has 8 nitrogen and oxygen atoms in total. The molecule has 0 aromatic heterocycles. The lowest BCUT2D eigenvalue weighted by molar-refractivity contribution is -0.137. The number of fused-ring (bicyclic) bond motifs is 2. The molecule has 0 amide bonds. The van der Waals surface area contributed by atoms with E-state index in [9.17, 15) is 48.3 Å². The van der Waals surface area contributed by atoms with Crippen LogP contribution in [0.25, 0.3) is 48.1 Å². The monoisotopic (exact) mass is 676 g/mol. The maximum atomic E-state index is 14.0. The molecule has 240 valence electrons. The van der Waals surface area contributed by atoms with Gasteiger partial charge in [0.25, 0.3) is 17.8 Å². The van der Waals surface area contributed by atoms with E-state index in [1.54, 1.807) is 44.2 Å². The topological polar surface area (TPSA) is 132 Å². The number of halogens is 5. The molecule has 0 radical (unpaired) electrons. The molecule has 0 N–H and O–H groups in total. The molecule has 0 spiro atoms. The van der Waals surface area contributed by atoms with Crippen molar-refractivity contribution in [2.75, 3.05) is 0 Å². The molecule has 0 unspecified atom stereocenters. The summed E-state index contributed by atoms with van der Waals surface area (Å²) < 4.78 is 70.0. The zero-order valence-corrected chi connectivity index (χ0v) is 26.0. The van der Waals surface area contributed by atoms with Crippen LogP contribution in [0.4, 0.5) is 22.0 Å². The fourth-order valence-electron chi connectivity index (χ4n) is 6.45. The molecule has 0 fully saturated rings. The number of rotatable bonds is 3. The van der Waals surface area contributed by atoms with Crippen LogP contribution in [0.2, 0.25) is 0 Å². The third-order valence-electron chi connectivity index (χ3n) is 8.16. The first kappa shape index (κ1) is 34.5. The predicted molar refractivity (Wildman–Crippen MR) is 172 cm³/mol. The maximum Gasteiger partial charge on any atom is 0.416 e. The third-order valence-corrected chi connectivity index (χ3v) is 8.16. The molecule has 2 aliphatic rings. The van der Waals surface area contributed by atoms with Gasteiger partial charge in [0.1, 0.15) is 12.1 Å². The summed E-state index contributed by atoms with van der Waals surface area (Å²) in [5, 5.41) is 52.2. The van der Waals surface area contributed by atoms with Gasteiger partial charge in [-0.1, -0.05) is 29.3 Å². The van der Waals surface area contributed by atoms with E-state index in [4.69, 9.17) is 19.7 Å². The molecule has 2 aliphatic carbocycles. The van der Waals surface area contributed by atoms with Crippen LogP contribution in [0.1, 0.15) is 73.2 Å². The molecule has 0 atom stereocenters. The minimum atomic E-state index is -5.16. The summed E-state index contributed by atoms with van der Waals surface area (Å²) in [4.78, 5) is 10.1. The second-order valence-corrected chi connectivity index (χ2v) is 11.1. The zero-order chi connectivity index (χ0) is 37.5. The predicted octanol–water partition coefficient (Wildman–Crippen LogP) is 9.56. The van der Waals surface area contributed by atoms with Gasteiger partial charge in [-0.3, -0.25) is 0 Å². The smallest absolute Gasteiger partial charge is 0.237 e. The van der Waals surface area contributed by atoms with Gasteiger partial charge >= 0.3 is 6.18 Å². The van der Waals surface area contributed by atoms with E-state index < -0.39 is 79.7 Å².